The minimum atomic E-state index is -0.164. The third kappa shape index (κ3) is 3.05. The lowest BCUT2D eigenvalue weighted by molar-refractivity contribution is 0.248. The summed E-state index contributed by atoms with van der Waals surface area (Å²) in [6.07, 6.45) is 0. The third-order valence-corrected chi connectivity index (χ3v) is 4.34. The van der Waals surface area contributed by atoms with Crippen LogP contribution in [0.1, 0.15) is 5.56 Å². The Morgan fingerprint density at radius 3 is 2.61 bits per heavy atom. The van der Waals surface area contributed by atoms with Gasteiger partial charge >= 0.3 is 0 Å². The number of aromatic nitrogens is 2. The Hall–Kier alpha value is -2.40. The fourth-order valence-electron chi connectivity index (χ4n) is 3.10. The highest BCUT2D eigenvalue weighted by Crippen LogP contribution is 2.19. The number of H-pyrrole nitrogens is 1. The monoisotopic (exact) mass is 310 g/mol. The van der Waals surface area contributed by atoms with Crippen molar-refractivity contribution in [1.82, 2.24) is 14.9 Å². The molecule has 0 amide bonds. The van der Waals surface area contributed by atoms with Crippen LogP contribution in [0.25, 0.3) is 11.0 Å². The number of piperazine rings is 1. The minimum absolute atomic E-state index is 0.164. The van der Waals surface area contributed by atoms with Crippen LogP contribution in [0, 0.1) is 5.82 Å². The lowest BCUT2D eigenvalue weighted by Gasteiger charge is -2.34. The molecule has 1 aromatic heterocycles. The summed E-state index contributed by atoms with van der Waals surface area (Å²) < 4.78 is 13.3. The molecule has 0 radical (unpaired) electrons. The molecule has 2 heterocycles. The van der Waals surface area contributed by atoms with Crippen molar-refractivity contribution in [1.29, 1.82) is 0 Å². The molecule has 3 aromatic rings. The van der Waals surface area contributed by atoms with E-state index in [1.54, 1.807) is 12.1 Å². The number of fused-ring (bicyclic) bond motifs is 1. The van der Waals surface area contributed by atoms with Crippen LogP contribution < -0.4 is 4.90 Å². The quantitative estimate of drug-likeness (QED) is 0.807. The Balaban J connectivity index is 1.40. The molecule has 1 fully saturated rings. The van der Waals surface area contributed by atoms with Crippen molar-refractivity contribution in [3.05, 3.63) is 59.9 Å². The van der Waals surface area contributed by atoms with Crippen LogP contribution in [0.4, 0.5) is 10.3 Å². The minimum Gasteiger partial charge on any atom is -0.340 e. The lowest BCUT2D eigenvalue weighted by atomic mass is 10.2. The maximum Gasteiger partial charge on any atom is 0.203 e. The molecule has 0 bridgehead atoms. The zero-order valence-corrected chi connectivity index (χ0v) is 12.9. The number of hydrogen-bond acceptors (Lipinski definition) is 3. The zero-order chi connectivity index (χ0) is 15.6. The van der Waals surface area contributed by atoms with Gasteiger partial charge in [-0.15, -0.1) is 0 Å². The summed E-state index contributed by atoms with van der Waals surface area (Å²) in [7, 11) is 0. The predicted molar refractivity (Wildman–Crippen MR) is 90.0 cm³/mol. The van der Waals surface area contributed by atoms with E-state index in [-0.39, 0.29) is 5.82 Å². The van der Waals surface area contributed by atoms with Crippen LogP contribution in [0.5, 0.6) is 0 Å². The maximum absolute atomic E-state index is 13.3. The number of benzene rings is 2. The first kappa shape index (κ1) is 14.2. The molecule has 0 saturated carbocycles. The van der Waals surface area contributed by atoms with Gasteiger partial charge in [0.25, 0.3) is 0 Å². The highest BCUT2D eigenvalue weighted by molar-refractivity contribution is 5.77. The number of rotatable bonds is 3. The van der Waals surface area contributed by atoms with Crippen LogP contribution in [-0.2, 0) is 6.54 Å². The van der Waals surface area contributed by atoms with E-state index in [0.29, 0.717) is 0 Å². The van der Waals surface area contributed by atoms with Gasteiger partial charge < -0.3 is 9.88 Å². The molecule has 118 valence electrons. The lowest BCUT2D eigenvalue weighted by Crippen LogP contribution is -2.46. The molecule has 2 aromatic carbocycles. The summed E-state index contributed by atoms with van der Waals surface area (Å²) in [6.45, 7) is 4.55. The van der Waals surface area contributed by atoms with E-state index in [2.05, 4.69) is 19.8 Å². The predicted octanol–water partition coefficient (Wildman–Crippen LogP) is 3.02. The molecule has 1 saturated heterocycles. The first-order chi connectivity index (χ1) is 11.3. The van der Waals surface area contributed by atoms with Gasteiger partial charge in [-0.3, -0.25) is 4.90 Å². The molecule has 23 heavy (non-hydrogen) atoms. The molecule has 0 atom stereocenters. The number of nitrogens with zero attached hydrogens (tertiary/aromatic N) is 3. The Kier molecular flexibility index (Phi) is 3.71. The van der Waals surface area contributed by atoms with Gasteiger partial charge in [-0.2, -0.15) is 0 Å². The van der Waals surface area contributed by atoms with Gasteiger partial charge in [-0.05, 0) is 29.8 Å². The second-order valence-corrected chi connectivity index (χ2v) is 5.97. The number of hydrogen-bond donors (Lipinski definition) is 1. The third-order valence-electron chi connectivity index (χ3n) is 4.34. The zero-order valence-electron chi connectivity index (χ0n) is 12.9. The van der Waals surface area contributed by atoms with E-state index in [1.165, 1.54) is 6.07 Å². The first-order valence-corrected chi connectivity index (χ1v) is 7.94. The van der Waals surface area contributed by atoms with Crippen molar-refractivity contribution in [2.24, 2.45) is 0 Å². The highest BCUT2D eigenvalue weighted by Gasteiger charge is 2.19. The summed E-state index contributed by atoms with van der Waals surface area (Å²) in [4.78, 5) is 12.7. The van der Waals surface area contributed by atoms with Crippen LogP contribution >= 0.6 is 0 Å². The molecule has 0 spiro atoms. The molecule has 4 nitrogen and oxygen atoms in total. The Morgan fingerprint density at radius 2 is 1.83 bits per heavy atom. The van der Waals surface area contributed by atoms with Crippen molar-refractivity contribution >= 4 is 17.0 Å². The average molecular weight is 310 g/mol. The second kappa shape index (κ2) is 6.01. The van der Waals surface area contributed by atoms with E-state index in [9.17, 15) is 4.39 Å². The van der Waals surface area contributed by atoms with Crippen LogP contribution in [0.3, 0.4) is 0 Å². The Bertz CT molecular complexity index is 772. The molecule has 1 aliphatic heterocycles. The summed E-state index contributed by atoms with van der Waals surface area (Å²) in [6, 6.07) is 14.9. The van der Waals surface area contributed by atoms with Crippen molar-refractivity contribution in [2.75, 3.05) is 31.1 Å². The van der Waals surface area contributed by atoms with Crippen LogP contribution in [0.15, 0.2) is 48.5 Å². The Labute approximate surface area is 134 Å². The van der Waals surface area contributed by atoms with E-state index in [4.69, 9.17) is 0 Å². The summed E-state index contributed by atoms with van der Waals surface area (Å²) in [5.74, 6) is 0.778. The van der Waals surface area contributed by atoms with Gasteiger partial charge in [-0.1, -0.05) is 24.3 Å². The van der Waals surface area contributed by atoms with Crippen molar-refractivity contribution in [3.63, 3.8) is 0 Å². The number of halogens is 1. The first-order valence-electron chi connectivity index (χ1n) is 7.94. The largest absolute Gasteiger partial charge is 0.340 e. The van der Waals surface area contributed by atoms with Gasteiger partial charge in [0, 0.05) is 32.7 Å². The average Bonchev–Trinajstić information content (AvgIpc) is 2.99. The van der Waals surface area contributed by atoms with Crippen molar-refractivity contribution in [3.8, 4) is 0 Å². The Morgan fingerprint density at radius 1 is 1.00 bits per heavy atom. The SMILES string of the molecule is Fc1cccc(CN2CCN(c3nc4ccccc4[nH]3)CC2)c1. The van der Waals surface area contributed by atoms with E-state index >= 15 is 0 Å². The van der Waals surface area contributed by atoms with Gasteiger partial charge in [0.2, 0.25) is 5.95 Å². The molecule has 4 rings (SSSR count). The molecular formula is C18H19FN4. The number of nitrogens with one attached hydrogen (secondary N) is 1. The standard InChI is InChI=1S/C18H19FN4/c19-15-5-3-4-14(12-15)13-22-8-10-23(11-9-22)18-20-16-6-1-2-7-17(16)21-18/h1-7,12H,8-11,13H2,(H,20,21). The molecule has 0 aliphatic carbocycles. The molecule has 0 unspecified atom stereocenters. The van der Waals surface area contributed by atoms with Crippen molar-refractivity contribution < 1.29 is 4.39 Å². The number of anilines is 1. The molecule has 5 heteroatoms. The van der Waals surface area contributed by atoms with Crippen LogP contribution in [0.2, 0.25) is 0 Å². The van der Waals surface area contributed by atoms with Gasteiger partial charge in [0.15, 0.2) is 0 Å². The topological polar surface area (TPSA) is 35.2 Å². The van der Waals surface area contributed by atoms with E-state index in [1.807, 2.05) is 30.3 Å². The smallest absolute Gasteiger partial charge is 0.203 e. The van der Waals surface area contributed by atoms with Gasteiger partial charge in [0.05, 0.1) is 11.0 Å². The normalized spacial score (nSPS) is 16.1. The van der Waals surface area contributed by atoms with E-state index < -0.39 is 0 Å². The summed E-state index contributed by atoms with van der Waals surface area (Å²) in [5, 5.41) is 0. The molecular weight excluding hydrogens is 291 g/mol. The molecule has 1 aliphatic rings. The fraction of sp³-hybridized carbons (Fsp3) is 0.278. The maximum atomic E-state index is 13.3. The van der Waals surface area contributed by atoms with E-state index in [0.717, 1.165) is 55.3 Å². The highest BCUT2D eigenvalue weighted by atomic mass is 19.1. The summed E-state index contributed by atoms with van der Waals surface area (Å²) >= 11 is 0. The second-order valence-electron chi connectivity index (χ2n) is 5.97. The van der Waals surface area contributed by atoms with Crippen molar-refractivity contribution in [2.45, 2.75) is 6.54 Å². The molecule has 1 N–H and O–H groups in total. The number of para-hydroxylation sites is 2. The summed E-state index contributed by atoms with van der Waals surface area (Å²) in [5.41, 5.74) is 3.11. The number of aromatic amines is 1. The number of imidazole rings is 1. The fourth-order valence-corrected chi connectivity index (χ4v) is 3.10. The van der Waals surface area contributed by atoms with Crippen LogP contribution in [-0.4, -0.2) is 41.0 Å². The van der Waals surface area contributed by atoms with Gasteiger partial charge in [0.1, 0.15) is 5.82 Å². The van der Waals surface area contributed by atoms with Gasteiger partial charge in [-0.25, -0.2) is 9.37 Å².